The summed E-state index contributed by atoms with van der Waals surface area (Å²) < 4.78 is 5.45. The molecule has 6 aromatic carbocycles. The highest BCUT2D eigenvalue weighted by molar-refractivity contribution is 7.40. The van der Waals surface area contributed by atoms with E-state index in [0.29, 0.717) is 0 Å². The Kier molecular flexibility index (Phi) is 8.71. The van der Waals surface area contributed by atoms with Crippen LogP contribution in [0, 0.1) is 0 Å². The van der Waals surface area contributed by atoms with Crippen molar-refractivity contribution in [2.75, 3.05) is 38.0 Å². The first-order valence-electron chi connectivity index (χ1n) is 17.8. The van der Waals surface area contributed by atoms with Crippen LogP contribution in [-0.4, -0.2) is 28.2 Å². The van der Waals surface area contributed by atoms with Crippen molar-refractivity contribution in [3.63, 3.8) is 0 Å². The first-order chi connectivity index (χ1) is 25.9. The van der Waals surface area contributed by atoms with Crippen molar-refractivity contribution >= 4 is 64.2 Å². The number of nitrogens with zero attached hydrogens (tertiary/aromatic N) is 2. The van der Waals surface area contributed by atoms with Crippen LogP contribution in [0.5, 0.6) is 0 Å². The SMILES string of the molecule is CN(C)c1cc(-c2ccccc2)c(-c2cc3sc4cc(-c5c(-c6ccccc6)cc(N(C)C)cc5-c5ccccc5)sc4c3s2)c(-c2ccccc2)c1. The molecule has 2 nitrogen and oxygen atoms in total. The fourth-order valence-electron chi connectivity index (χ4n) is 7.26. The molecule has 9 rings (SSSR count). The minimum absolute atomic E-state index is 1.19. The third kappa shape index (κ3) is 6.15. The Morgan fingerprint density at radius 1 is 0.340 bits per heavy atom. The summed E-state index contributed by atoms with van der Waals surface area (Å²) in [4.78, 5) is 7.03. The van der Waals surface area contributed by atoms with E-state index < -0.39 is 0 Å². The van der Waals surface area contributed by atoms with Crippen LogP contribution in [0.4, 0.5) is 11.4 Å². The van der Waals surface area contributed by atoms with Crippen molar-refractivity contribution in [1.29, 1.82) is 0 Å². The van der Waals surface area contributed by atoms with Crippen LogP contribution in [0.1, 0.15) is 0 Å². The Balaban J connectivity index is 1.27. The second-order valence-corrected chi connectivity index (χ2v) is 17.0. The minimum atomic E-state index is 1.19. The number of thiophene rings is 3. The predicted octanol–water partition coefficient (Wildman–Crippen LogP) is 14.3. The van der Waals surface area contributed by atoms with Crippen molar-refractivity contribution in [1.82, 2.24) is 0 Å². The van der Waals surface area contributed by atoms with Crippen LogP contribution in [-0.2, 0) is 0 Å². The minimum Gasteiger partial charge on any atom is -0.378 e. The smallest absolute Gasteiger partial charge is 0.0636 e. The van der Waals surface area contributed by atoms with Crippen LogP contribution in [0.3, 0.4) is 0 Å². The molecule has 9 aromatic rings. The van der Waals surface area contributed by atoms with Gasteiger partial charge in [-0.1, -0.05) is 121 Å². The summed E-state index contributed by atoms with van der Waals surface area (Å²) in [6.07, 6.45) is 0. The molecule has 0 aliphatic rings. The van der Waals surface area contributed by atoms with Crippen molar-refractivity contribution in [3.05, 3.63) is 158 Å². The molecule has 0 saturated heterocycles. The summed E-state index contributed by atoms with van der Waals surface area (Å²) in [5.74, 6) is 0. The lowest BCUT2D eigenvalue weighted by molar-refractivity contribution is 1.13. The molecule has 0 unspecified atom stereocenters. The average Bonchev–Trinajstić information content (AvgIpc) is 3.89. The number of benzene rings is 6. The molecule has 0 bridgehead atoms. The van der Waals surface area contributed by atoms with E-state index >= 15 is 0 Å². The van der Waals surface area contributed by atoms with Gasteiger partial charge in [-0.3, -0.25) is 0 Å². The van der Waals surface area contributed by atoms with E-state index in [9.17, 15) is 0 Å². The van der Waals surface area contributed by atoms with Crippen molar-refractivity contribution in [2.45, 2.75) is 0 Å². The van der Waals surface area contributed by atoms with E-state index in [4.69, 9.17) is 0 Å². The Hall–Kier alpha value is -5.46. The second-order valence-electron chi connectivity index (χ2n) is 13.8. The summed E-state index contributed by atoms with van der Waals surface area (Å²) in [5.41, 5.74) is 14.9. The summed E-state index contributed by atoms with van der Waals surface area (Å²) in [6.45, 7) is 0. The molecule has 0 amide bonds. The van der Waals surface area contributed by atoms with Gasteiger partial charge in [-0.25, -0.2) is 0 Å². The Bertz CT molecular complexity index is 2390. The summed E-state index contributed by atoms with van der Waals surface area (Å²) >= 11 is 5.79. The van der Waals surface area contributed by atoms with E-state index in [2.05, 4.69) is 196 Å². The van der Waals surface area contributed by atoms with Gasteiger partial charge >= 0.3 is 0 Å². The zero-order chi connectivity index (χ0) is 36.1. The Labute approximate surface area is 323 Å². The average molecular weight is 739 g/mol. The monoisotopic (exact) mass is 738 g/mol. The number of hydrogen-bond donors (Lipinski definition) is 0. The maximum absolute atomic E-state index is 2.44. The van der Waals surface area contributed by atoms with Crippen LogP contribution in [0.25, 0.3) is 84.2 Å². The van der Waals surface area contributed by atoms with Crippen molar-refractivity contribution < 1.29 is 0 Å². The normalized spacial score (nSPS) is 11.4. The largest absolute Gasteiger partial charge is 0.378 e. The lowest BCUT2D eigenvalue weighted by Crippen LogP contribution is -2.09. The fraction of sp³-hybridized carbons (Fsp3) is 0.0833. The second kappa shape index (κ2) is 13.8. The molecule has 0 fully saturated rings. The van der Waals surface area contributed by atoms with Gasteiger partial charge in [-0.2, -0.15) is 0 Å². The maximum atomic E-state index is 2.44. The number of rotatable bonds is 8. The topological polar surface area (TPSA) is 6.48 Å². The van der Waals surface area contributed by atoms with Gasteiger partial charge in [0.25, 0.3) is 0 Å². The molecule has 0 atom stereocenters. The lowest BCUT2D eigenvalue weighted by atomic mass is 9.90. The van der Waals surface area contributed by atoms with Gasteiger partial charge in [-0.15, -0.1) is 34.0 Å². The molecular weight excluding hydrogens is 701 g/mol. The molecule has 0 spiro atoms. The molecule has 0 N–H and O–H groups in total. The molecule has 5 heteroatoms. The standard InChI is InChI=1S/C48H38N2S3/c1-49(2)35-25-37(31-17-9-5-10-18-31)45(38(26-35)32-19-11-6-12-20-32)41-29-43-47(52-41)48-44(51-43)30-42(53-48)46-39(33-21-13-7-14-22-33)27-36(50(3)4)28-40(46)34-23-15-8-16-24-34/h5-30H,1-4H3. The highest BCUT2D eigenvalue weighted by Crippen LogP contribution is 2.53. The van der Waals surface area contributed by atoms with Crippen LogP contribution in [0.2, 0.25) is 0 Å². The summed E-state index contributed by atoms with van der Waals surface area (Å²) in [5, 5.41) is 0. The molecule has 0 aliphatic carbocycles. The van der Waals surface area contributed by atoms with E-state index in [1.165, 1.54) is 95.6 Å². The molecule has 0 saturated carbocycles. The van der Waals surface area contributed by atoms with Crippen molar-refractivity contribution in [3.8, 4) is 65.4 Å². The molecular formula is C48H38N2S3. The van der Waals surface area contributed by atoms with E-state index in [1.54, 1.807) is 0 Å². The molecule has 3 heterocycles. The van der Waals surface area contributed by atoms with E-state index in [-0.39, 0.29) is 0 Å². The Morgan fingerprint density at radius 3 is 0.887 bits per heavy atom. The van der Waals surface area contributed by atoms with Crippen LogP contribution in [0.15, 0.2) is 158 Å². The molecule has 3 aromatic heterocycles. The van der Waals surface area contributed by atoms with Crippen LogP contribution < -0.4 is 9.80 Å². The predicted molar refractivity (Wildman–Crippen MR) is 236 cm³/mol. The van der Waals surface area contributed by atoms with Gasteiger partial charge in [0.05, 0.1) is 9.40 Å². The number of hydrogen-bond acceptors (Lipinski definition) is 5. The van der Waals surface area contributed by atoms with Gasteiger partial charge < -0.3 is 9.80 Å². The summed E-state index contributed by atoms with van der Waals surface area (Å²) in [7, 11) is 8.52. The molecule has 0 radical (unpaired) electrons. The maximum Gasteiger partial charge on any atom is 0.0636 e. The molecule has 53 heavy (non-hydrogen) atoms. The third-order valence-corrected chi connectivity index (χ3v) is 13.7. The summed E-state index contributed by atoms with van der Waals surface area (Å²) in [6, 6.07) is 57.8. The first-order valence-corrected chi connectivity index (χ1v) is 20.3. The van der Waals surface area contributed by atoms with E-state index in [0.717, 1.165) is 0 Å². The quantitative estimate of drug-likeness (QED) is 0.153. The third-order valence-electron chi connectivity index (χ3n) is 9.93. The van der Waals surface area contributed by atoms with Crippen molar-refractivity contribution in [2.24, 2.45) is 0 Å². The number of anilines is 2. The highest BCUT2D eigenvalue weighted by Gasteiger charge is 2.23. The van der Waals surface area contributed by atoms with E-state index in [1.807, 2.05) is 34.0 Å². The van der Waals surface area contributed by atoms with Gasteiger partial charge in [-0.05, 0) is 80.9 Å². The molecule has 258 valence electrons. The van der Waals surface area contributed by atoms with Gasteiger partial charge in [0.2, 0.25) is 0 Å². The Morgan fingerprint density at radius 2 is 0.623 bits per heavy atom. The lowest BCUT2D eigenvalue weighted by Gasteiger charge is -2.21. The molecule has 0 aliphatic heterocycles. The van der Waals surface area contributed by atoms with Crippen LogP contribution >= 0.6 is 34.0 Å². The van der Waals surface area contributed by atoms with Gasteiger partial charge in [0, 0.05) is 69.8 Å². The zero-order valence-electron chi connectivity index (χ0n) is 30.1. The number of fused-ring (bicyclic) bond motifs is 3. The van der Waals surface area contributed by atoms with Gasteiger partial charge in [0.1, 0.15) is 0 Å². The first kappa shape index (κ1) is 33.4. The highest BCUT2D eigenvalue weighted by atomic mass is 32.1. The van der Waals surface area contributed by atoms with Gasteiger partial charge in [0.15, 0.2) is 0 Å². The zero-order valence-corrected chi connectivity index (χ0v) is 32.6. The fourth-order valence-corrected chi connectivity index (χ4v) is 11.4.